The number of carbonyl (C=O) groups is 2. The molecule has 1 fully saturated rings. The van der Waals surface area contributed by atoms with Crippen LogP contribution < -0.4 is 0 Å². The molecule has 1 heterocycles. The van der Waals surface area contributed by atoms with Crippen LogP contribution in [0.5, 0.6) is 0 Å². The molecule has 1 aliphatic rings. The summed E-state index contributed by atoms with van der Waals surface area (Å²) in [6, 6.07) is 0. The molecule has 7 heteroatoms. The fourth-order valence-electron chi connectivity index (χ4n) is 8.31. The molecule has 1 unspecified atom stereocenters. The van der Waals surface area contributed by atoms with Crippen LogP contribution >= 0.6 is 0 Å². The molecule has 0 aromatic carbocycles. The lowest BCUT2D eigenvalue weighted by Crippen LogP contribution is -2.33. The van der Waals surface area contributed by atoms with E-state index in [1.54, 1.807) is 0 Å². The van der Waals surface area contributed by atoms with Crippen LogP contribution in [0.2, 0.25) is 0 Å². The van der Waals surface area contributed by atoms with E-state index in [0.29, 0.717) is 44.5 Å². The Morgan fingerprint density at radius 1 is 0.545 bits per heavy atom. The number of nitrogens with zero attached hydrogens (tertiary/aromatic N) is 1. The van der Waals surface area contributed by atoms with Gasteiger partial charge in [-0.05, 0) is 64.5 Å². The molecule has 1 rings (SSSR count). The zero-order valence-electron chi connectivity index (χ0n) is 37.6. The molecule has 0 radical (unpaired) electrons. The maximum Gasteiger partial charge on any atom is 0.305 e. The molecule has 0 saturated carbocycles. The lowest BCUT2D eigenvalue weighted by Gasteiger charge is -2.29. The van der Waals surface area contributed by atoms with Crippen molar-refractivity contribution < 1.29 is 28.5 Å². The SMILES string of the molecule is CCCCCC(CCCCC)CCOC(=O)CCCCCCCC1(CCCCCCCC(=O)OCCC(CCCCC)CCCCC)OCC(CN(C)C)O1. The second-order valence-corrected chi connectivity index (χ2v) is 17.5. The number of carbonyl (C=O) groups excluding carboxylic acids is 2. The van der Waals surface area contributed by atoms with Gasteiger partial charge in [0.2, 0.25) is 0 Å². The Bertz CT molecular complexity index is 804. The first-order valence-electron chi connectivity index (χ1n) is 24.0. The number of unbranched alkanes of at least 4 members (excludes halogenated alkanes) is 16. The maximum absolute atomic E-state index is 12.4. The van der Waals surface area contributed by atoms with Crippen molar-refractivity contribution in [2.75, 3.05) is 40.5 Å². The van der Waals surface area contributed by atoms with Crippen LogP contribution in [-0.4, -0.2) is 69.2 Å². The van der Waals surface area contributed by atoms with E-state index in [4.69, 9.17) is 18.9 Å². The minimum absolute atomic E-state index is 0.0193. The minimum atomic E-state index is -0.468. The average Bonchev–Trinajstić information content (AvgIpc) is 3.55. The highest BCUT2D eigenvalue weighted by Crippen LogP contribution is 2.35. The molecule has 1 saturated heterocycles. The topological polar surface area (TPSA) is 74.3 Å². The summed E-state index contributed by atoms with van der Waals surface area (Å²) < 4.78 is 24.3. The summed E-state index contributed by atoms with van der Waals surface area (Å²) in [6.07, 6.45) is 36.4. The third-order valence-corrected chi connectivity index (χ3v) is 11.8. The van der Waals surface area contributed by atoms with E-state index in [2.05, 4.69) is 46.7 Å². The van der Waals surface area contributed by atoms with E-state index < -0.39 is 5.79 Å². The van der Waals surface area contributed by atoms with E-state index in [1.165, 1.54) is 103 Å². The maximum atomic E-state index is 12.4. The van der Waals surface area contributed by atoms with Gasteiger partial charge in [-0.2, -0.15) is 0 Å². The molecular formula is C48H93NO6. The molecule has 0 bridgehead atoms. The molecule has 0 aliphatic carbocycles. The number of hydrogen-bond acceptors (Lipinski definition) is 7. The van der Waals surface area contributed by atoms with Crippen LogP contribution in [-0.2, 0) is 28.5 Å². The van der Waals surface area contributed by atoms with Gasteiger partial charge in [0.1, 0.15) is 0 Å². The second-order valence-electron chi connectivity index (χ2n) is 17.5. The van der Waals surface area contributed by atoms with Gasteiger partial charge >= 0.3 is 11.9 Å². The van der Waals surface area contributed by atoms with Crippen molar-refractivity contribution in [3.63, 3.8) is 0 Å². The Hall–Kier alpha value is -1.18. The Kier molecular flexibility index (Phi) is 33.9. The first-order chi connectivity index (χ1) is 26.8. The number of esters is 2. The summed E-state index contributed by atoms with van der Waals surface area (Å²) >= 11 is 0. The third-order valence-electron chi connectivity index (χ3n) is 11.8. The van der Waals surface area contributed by atoms with Crippen molar-refractivity contribution in [1.29, 1.82) is 0 Å². The number of ether oxygens (including phenoxy) is 4. The Morgan fingerprint density at radius 3 is 1.31 bits per heavy atom. The summed E-state index contributed by atoms with van der Waals surface area (Å²) in [6.45, 7) is 11.8. The first-order valence-corrected chi connectivity index (χ1v) is 24.0. The van der Waals surface area contributed by atoms with Crippen LogP contribution in [0.15, 0.2) is 0 Å². The predicted molar refractivity (Wildman–Crippen MR) is 231 cm³/mol. The highest BCUT2D eigenvalue weighted by Gasteiger charge is 2.40. The van der Waals surface area contributed by atoms with Crippen LogP contribution in [0, 0.1) is 11.8 Å². The van der Waals surface area contributed by atoms with E-state index in [1.807, 2.05) is 0 Å². The van der Waals surface area contributed by atoms with E-state index in [0.717, 1.165) is 96.4 Å². The van der Waals surface area contributed by atoms with E-state index in [9.17, 15) is 9.59 Å². The fraction of sp³-hybridized carbons (Fsp3) is 0.958. The zero-order valence-corrected chi connectivity index (χ0v) is 37.6. The molecular weight excluding hydrogens is 687 g/mol. The van der Waals surface area contributed by atoms with Crippen molar-refractivity contribution in [1.82, 2.24) is 4.90 Å². The average molecular weight is 780 g/mol. The Morgan fingerprint density at radius 2 is 0.927 bits per heavy atom. The molecule has 0 amide bonds. The van der Waals surface area contributed by atoms with Gasteiger partial charge in [0, 0.05) is 32.2 Å². The molecule has 0 aromatic heterocycles. The van der Waals surface area contributed by atoms with Gasteiger partial charge in [0.05, 0.1) is 25.9 Å². The molecule has 1 aliphatic heterocycles. The van der Waals surface area contributed by atoms with Crippen LogP contribution in [0.3, 0.4) is 0 Å². The van der Waals surface area contributed by atoms with Gasteiger partial charge < -0.3 is 23.8 Å². The Labute approximate surface area is 341 Å². The fourth-order valence-corrected chi connectivity index (χ4v) is 8.31. The van der Waals surface area contributed by atoms with Crippen molar-refractivity contribution in [2.45, 2.75) is 245 Å². The lowest BCUT2D eigenvalue weighted by molar-refractivity contribution is -0.180. The third kappa shape index (κ3) is 29.7. The largest absolute Gasteiger partial charge is 0.466 e. The van der Waals surface area contributed by atoms with Gasteiger partial charge in [0.15, 0.2) is 5.79 Å². The van der Waals surface area contributed by atoms with Gasteiger partial charge in [-0.25, -0.2) is 0 Å². The molecule has 7 nitrogen and oxygen atoms in total. The predicted octanol–water partition coefficient (Wildman–Crippen LogP) is 13.5. The van der Waals surface area contributed by atoms with Gasteiger partial charge in [0.25, 0.3) is 0 Å². The number of rotatable bonds is 40. The molecule has 0 spiro atoms. The van der Waals surface area contributed by atoms with Crippen LogP contribution in [0.4, 0.5) is 0 Å². The lowest BCUT2D eigenvalue weighted by atomic mass is 9.92. The van der Waals surface area contributed by atoms with Crippen molar-refractivity contribution in [3.05, 3.63) is 0 Å². The molecule has 0 aromatic rings. The van der Waals surface area contributed by atoms with Gasteiger partial charge in [-0.1, -0.05) is 169 Å². The molecule has 1 atom stereocenters. The summed E-state index contributed by atoms with van der Waals surface area (Å²) in [5.74, 6) is 0.901. The standard InChI is InChI=1S/C48H93NO6/c1-7-11-21-29-43(30-22-12-8-2)35-39-52-46(50)33-25-17-15-19-27-37-48(54-42-45(55-48)41-49(5)6)38-28-20-16-18-26-34-47(51)53-40-36-44(31-23-13-9-3)32-24-14-10-4/h43-45H,7-42H2,1-6H3. The summed E-state index contributed by atoms with van der Waals surface area (Å²) in [5.41, 5.74) is 0. The van der Waals surface area contributed by atoms with Crippen molar-refractivity contribution in [3.8, 4) is 0 Å². The smallest absolute Gasteiger partial charge is 0.305 e. The summed E-state index contributed by atoms with van der Waals surface area (Å²) in [7, 11) is 4.18. The van der Waals surface area contributed by atoms with Gasteiger partial charge in [-0.3, -0.25) is 9.59 Å². The summed E-state index contributed by atoms with van der Waals surface area (Å²) in [5, 5.41) is 0. The number of hydrogen-bond donors (Lipinski definition) is 0. The van der Waals surface area contributed by atoms with Crippen LogP contribution in [0.1, 0.15) is 233 Å². The second kappa shape index (κ2) is 35.9. The first kappa shape index (κ1) is 51.8. The highest BCUT2D eigenvalue weighted by molar-refractivity contribution is 5.69. The Balaban J connectivity index is 2.27. The molecule has 326 valence electrons. The van der Waals surface area contributed by atoms with Crippen molar-refractivity contribution in [2.24, 2.45) is 11.8 Å². The normalized spacial score (nSPS) is 15.5. The van der Waals surface area contributed by atoms with E-state index in [-0.39, 0.29) is 18.0 Å². The number of likely N-dealkylation sites (N-methyl/N-ethyl adjacent to an activating group) is 1. The minimum Gasteiger partial charge on any atom is -0.466 e. The summed E-state index contributed by atoms with van der Waals surface area (Å²) in [4.78, 5) is 27.0. The molecule has 55 heavy (non-hydrogen) atoms. The van der Waals surface area contributed by atoms with Gasteiger partial charge in [-0.15, -0.1) is 0 Å². The monoisotopic (exact) mass is 780 g/mol. The quantitative estimate of drug-likeness (QED) is 0.0453. The molecule has 0 N–H and O–H groups in total. The highest BCUT2D eigenvalue weighted by atomic mass is 16.7. The van der Waals surface area contributed by atoms with E-state index >= 15 is 0 Å². The van der Waals surface area contributed by atoms with Crippen LogP contribution in [0.25, 0.3) is 0 Å². The van der Waals surface area contributed by atoms with Crippen molar-refractivity contribution >= 4 is 11.9 Å². The zero-order chi connectivity index (χ0) is 40.2.